The Bertz CT molecular complexity index is 1060. The van der Waals surface area contributed by atoms with Gasteiger partial charge in [0, 0.05) is 23.4 Å². The van der Waals surface area contributed by atoms with Crippen LogP contribution in [0.15, 0.2) is 71.6 Å². The van der Waals surface area contributed by atoms with Crippen molar-refractivity contribution < 1.29 is 19.0 Å². The number of ether oxygens (including phenoxy) is 3. The molecule has 0 bridgehead atoms. The molecule has 0 atom stereocenters. The first-order chi connectivity index (χ1) is 13.7. The van der Waals surface area contributed by atoms with E-state index in [1.54, 1.807) is 49.4 Å². The van der Waals surface area contributed by atoms with E-state index < -0.39 is 5.97 Å². The zero-order valence-corrected chi connectivity index (χ0v) is 15.3. The van der Waals surface area contributed by atoms with E-state index in [2.05, 4.69) is 10.1 Å². The van der Waals surface area contributed by atoms with Crippen LogP contribution >= 0.6 is 0 Å². The second kappa shape index (κ2) is 7.40. The highest BCUT2D eigenvalue weighted by Gasteiger charge is 2.25. The zero-order chi connectivity index (χ0) is 19.5. The van der Waals surface area contributed by atoms with Gasteiger partial charge in [0.05, 0.1) is 26.1 Å². The summed E-state index contributed by atoms with van der Waals surface area (Å²) in [4.78, 5) is 16.6. The van der Waals surface area contributed by atoms with Crippen LogP contribution in [-0.4, -0.2) is 35.9 Å². The van der Waals surface area contributed by atoms with Crippen LogP contribution in [0.5, 0.6) is 11.5 Å². The molecule has 7 nitrogen and oxygen atoms in total. The summed E-state index contributed by atoms with van der Waals surface area (Å²) in [5, 5.41) is 4.31. The standard InChI is InChI=1S/C21H17N3O4/c1-26-17-9-15(10-18(11-17)27-2)20-23-19(21(25)28-20)8-14-12-22-24(13-14)16-6-4-3-5-7-16/h3-13H,1-2H3/b19-8-. The molecule has 7 heteroatoms. The minimum Gasteiger partial charge on any atom is -0.497 e. The Balaban J connectivity index is 1.64. The molecule has 140 valence electrons. The highest BCUT2D eigenvalue weighted by atomic mass is 16.6. The van der Waals surface area contributed by atoms with Gasteiger partial charge in [-0.15, -0.1) is 0 Å². The number of nitrogens with zero attached hydrogens (tertiary/aromatic N) is 3. The molecule has 0 saturated heterocycles. The topological polar surface area (TPSA) is 74.9 Å². The molecule has 3 aromatic rings. The number of aromatic nitrogens is 2. The predicted octanol–water partition coefficient (Wildman–Crippen LogP) is 3.23. The van der Waals surface area contributed by atoms with Gasteiger partial charge in [0.2, 0.25) is 5.90 Å². The van der Waals surface area contributed by atoms with Crippen molar-refractivity contribution in [3.63, 3.8) is 0 Å². The normalized spacial score (nSPS) is 14.7. The molecule has 0 saturated carbocycles. The summed E-state index contributed by atoms with van der Waals surface area (Å²) in [6.45, 7) is 0. The van der Waals surface area contributed by atoms with E-state index in [-0.39, 0.29) is 11.6 Å². The van der Waals surface area contributed by atoms with E-state index in [0.717, 1.165) is 11.3 Å². The fourth-order valence-electron chi connectivity index (χ4n) is 2.75. The van der Waals surface area contributed by atoms with Gasteiger partial charge in [-0.1, -0.05) is 18.2 Å². The smallest absolute Gasteiger partial charge is 0.363 e. The third kappa shape index (κ3) is 3.50. The Morgan fingerprint density at radius 2 is 1.75 bits per heavy atom. The minimum atomic E-state index is -0.524. The number of hydrogen-bond donors (Lipinski definition) is 0. The van der Waals surface area contributed by atoms with E-state index >= 15 is 0 Å². The Kier molecular flexibility index (Phi) is 4.63. The minimum absolute atomic E-state index is 0.198. The summed E-state index contributed by atoms with van der Waals surface area (Å²) in [5.74, 6) is 0.831. The number of cyclic esters (lactones) is 1. The number of carbonyl (C=O) groups is 1. The average molecular weight is 375 g/mol. The van der Waals surface area contributed by atoms with Crippen LogP contribution in [-0.2, 0) is 9.53 Å². The molecule has 1 aliphatic heterocycles. The van der Waals surface area contributed by atoms with Gasteiger partial charge in [0.25, 0.3) is 0 Å². The number of benzene rings is 2. The first kappa shape index (κ1) is 17.5. The molecule has 0 aliphatic carbocycles. The van der Waals surface area contributed by atoms with Crippen LogP contribution in [0.2, 0.25) is 0 Å². The monoisotopic (exact) mass is 375 g/mol. The number of hydrogen-bond acceptors (Lipinski definition) is 6. The van der Waals surface area contributed by atoms with Crippen LogP contribution in [0, 0.1) is 0 Å². The molecule has 0 amide bonds. The molecule has 0 fully saturated rings. The van der Waals surface area contributed by atoms with Crippen LogP contribution in [0.1, 0.15) is 11.1 Å². The molecule has 0 radical (unpaired) electrons. The van der Waals surface area contributed by atoms with Crippen molar-refractivity contribution in [3.05, 3.63) is 77.7 Å². The summed E-state index contributed by atoms with van der Waals surface area (Å²) in [6, 6.07) is 14.9. The van der Waals surface area contributed by atoms with Gasteiger partial charge in [-0.05, 0) is 30.3 Å². The lowest BCUT2D eigenvalue weighted by atomic mass is 10.2. The molecule has 0 N–H and O–H groups in total. The molecule has 2 heterocycles. The van der Waals surface area contributed by atoms with Gasteiger partial charge in [-0.2, -0.15) is 5.10 Å². The summed E-state index contributed by atoms with van der Waals surface area (Å²) in [7, 11) is 3.10. The van der Waals surface area contributed by atoms with Crippen molar-refractivity contribution in [1.82, 2.24) is 9.78 Å². The van der Waals surface area contributed by atoms with Crippen LogP contribution in [0.4, 0.5) is 0 Å². The number of esters is 1. The van der Waals surface area contributed by atoms with E-state index in [9.17, 15) is 4.79 Å². The second-order valence-corrected chi connectivity index (χ2v) is 5.99. The summed E-state index contributed by atoms with van der Waals surface area (Å²) in [5.41, 5.74) is 2.45. The molecule has 28 heavy (non-hydrogen) atoms. The third-order valence-corrected chi connectivity index (χ3v) is 4.15. The fourth-order valence-corrected chi connectivity index (χ4v) is 2.75. The number of rotatable bonds is 5. The maximum atomic E-state index is 12.3. The quantitative estimate of drug-likeness (QED) is 0.506. The maximum Gasteiger partial charge on any atom is 0.363 e. The second-order valence-electron chi connectivity index (χ2n) is 5.99. The summed E-state index contributed by atoms with van der Waals surface area (Å²) in [6.07, 6.45) is 5.12. The maximum absolute atomic E-state index is 12.3. The number of carbonyl (C=O) groups excluding carboxylic acids is 1. The van der Waals surface area contributed by atoms with E-state index in [1.807, 2.05) is 36.5 Å². The molecule has 4 rings (SSSR count). The molecular weight excluding hydrogens is 358 g/mol. The molecule has 1 aromatic heterocycles. The van der Waals surface area contributed by atoms with Gasteiger partial charge in [-0.25, -0.2) is 14.5 Å². The van der Waals surface area contributed by atoms with Crippen molar-refractivity contribution in [2.24, 2.45) is 4.99 Å². The molecular formula is C21H17N3O4. The predicted molar refractivity (Wildman–Crippen MR) is 104 cm³/mol. The highest BCUT2D eigenvalue weighted by Crippen LogP contribution is 2.26. The van der Waals surface area contributed by atoms with Crippen molar-refractivity contribution >= 4 is 17.9 Å². The lowest BCUT2D eigenvalue weighted by molar-refractivity contribution is -0.129. The molecule has 2 aromatic carbocycles. The lowest BCUT2D eigenvalue weighted by Crippen LogP contribution is -2.06. The van der Waals surface area contributed by atoms with Crippen molar-refractivity contribution in [1.29, 1.82) is 0 Å². The largest absolute Gasteiger partial charge is 0.497 e. The van der Waals surface area contributed by atoms with Gasteiger partial charge < -0.3 is 14.2 Å². The van der Waals surface area contributed by atoms with E-state index in [4.69, 9.17) is 14.2 Å². The third-order valence-electron chi connectivity index (χ3n) is 4.15. The summed E-state index contributed by atoms with van der Waals surface area (Å²) < 4.78 is 17.6. The van der Waals surface area contributed by atoms with Crippen molar-refractivity contribution in [2.75, 3.05) is 14.2 Å². The molecule has 0 spiro atoms. The first-order valence-corrected chi connectivity index (χ1v) is 8.52. The Hall–Kier alpha value is -3.87. The van der Waals surface area contributed by atoms with E-state index in [1.165, 1.54) is 0 Å². The Morgan fingerprint density at radius 3 is 2.43 bits per heavy atom. The fraction of sp³-hybridized carbons (Fsp3) is 0.0952. The van der Waals surface area contributed by atoms with Crippen LogP contribution in [0.3, 0.4) is 0 Å². The number of methoxy groups -OCH3 is 2. The summed E-state index contributed by atoms with van der Waals surface area (Å²) >= 11 is 0. The Morgan fingerprint density at radius 1 is 1.04 bits per heavy atom. The molecule has 1 aliphatic rings. The molecule has 0 unspecified atom stereocenters. The highest BCUT2D eigenvalue weighted by molar-refractivity contribution is 6.13. The number of aliphatic imine (C=N–C) groups is 1. The van der Waals surface area contributed by atoms with Gasteiger partial charge in [0.1, 0.15) is 11.5 Å². The van der Waals surface area contributed by atoms with Gasteiger partial charge in [0.15, 0.2) is 5.70 Å². The van der Waals surface area contributed by atoms with Crippen LogP contribution < -0.4 is 9.47 Å². The van der Waals surface area contributed by atoms with Crippen molar-refractivity contribution in [2.45, 2.75) is 0 Å². The first-order valence-electron chi connectivity index (χ1n) is 8.52. The van der Waals surface area contributed by atoms with Gasteiger partial charge >= 0.3 is 5.97 Å². The van der Waals surface area contributed by atoms with Gasteiger partial charge in [-0.3, -0.25) is 0 Å². The SMILES string of the molecule is COc1cc(OC)cc(C2=N/C(=C\c3cnn(-c4ccccc4)c3)C(=O)O2)c1. The van der Waals surface area contributed by atoms with Crippen molar-refractivity contribution in [3.8, 4) is 17.2 Å². The lowest BCUT2D eigenvalue weighted by Gasteiger charge is -2.07. The van der Waals surface area contributed by atoms with Crippen LogP contribution in [0.25, 0.3) is 11.8 Å². The zero-order valence-electron chi connectivity index (χ0n) is 15.3. The average Bonchev–Trinajstić information content (AvgIpc) is 3.35. The Labute approximate surface area is 161 Å². The number of para-hydroxylation sites is 1. The van der Waals surface area contributed by atoms with E-state index in [0.29, 0.717) is 17.1 Å².